The van der Waals surface area contributed by atoms with Gasteiger partial charge in [-0.3, -0.25) is 4.79 Å². The summed E-state index contributed by atoms with van der Waals surface area (Å²) in [5.41, 5.74) is 0. The highest BCUT2D eigenvalue weighted by Gasteiger charge is 2.00. The number of ether oxygens (including phenoxy) is 1. The van der Waals surface area contributed by atoms with Crippen molar-refractivity contribution in [3.05, 3.63) is 0 Å². The minimum absolute atomic E-state index is 0.198. The van der Waals surface area contributed by atoms with Gasteiger partial charge in [0.15, 0.2) is 0 Å². The van der Waals surface area contributed by atoms with Crippen molar-refractivity contribution in [2.45, 2.75) is 6.42 Å². The van der Waals surface area contributed by atoms with Crippen LogP contribution in [0.4, 0.5) is 4.79 Å². The summed E-state index contributed by atoms with van der Waals surface area (Å²) in [5.74, 6) is -0.332. The van der Waals surface area contributed by atoms with Crippen LogP contribution in [-0.2, 0) is 9.53 Å². The maximum atomic E-state index is 10.5. The molecule has 0 rings (SSSR count). The molecule has 0 radical (unpaired) electrons. The van der Waals surface area contributed by atoms with Crippen LogP contribution in [0.3, 0.4) is 0 Å². The highest BCUT2D eigenvalue weighted by molar-refractivity contribution is 5.75. The van der Waals surface area contributed by atoms with Crippen molar-refractivity contribution >= 4 is 12.0 Å². The predicted molar refractivity (Wildman–Crippen MR) is 39.1 cm³/mol. The molecule has 11 heavy (non-hydrogen) atoms. The summed E-state index contributed by atoms with van der Waals surface area (Å²) in [6.07, 6.45) is 0.198. The van der Waals surface area contributed by atoms with Crippen LogP contribution in [0.15, 0.2) is 0 Å². The molecule has 2 N–H and O–H groups in total. The van der Waals surface area contributed by atoms with Gasteiger partial charge in [-0.05, 0) is 0 Å². The number of nitrogens with one attached hydrogen (secondary N) is 2. The van der Waals surface area contributed by atoms with Gasteiger partial charge in [0.1, 0.15) is 0 Å². The van der Waals surface area contributed by atoms with E-state index in [1.54, 1.807) is 0 Å². The summed E-state index contributed by atoms with van der Waals surface area (Å²) >= 11 is 0. The Morgan fingerprint density at radius 2 is 2.09 bits per heavy atom. The van der Waals surface area contributed by atoms with Gasteiger partial charge in [-0.25, -0.2) is 4.79 Å². The minimum Gasteiger partial charge on any atom is -0.469 e. The van der Waals surface area contributed by atoms with Crippen molar-refractivity contribution in [3.8, 4) is 0 Å². The number of hydrogen-bond donors (Lipinski definition) is 2. The number of urea groups is 1. The third kappa shape index (κ3) is 5.20. The van der Waals surface area contributed by atoms with Crippen LogP contribution in [0.5, 0.6) is 0 Å². The number of esters is 1. The predicted octanol–water partition coefficient (Wildman–Crippen LogP) is -0.521. The molecule has 0 atom stereocenters. The van der Waals surface area contributed by atoms with Crippen molar-refractivity contribution in [1.29, 1.82) is 0 Å². The zero-order chi connectivity index (χ0) is 8.69. The average Bonchev–Trinajstić information content (AvgIpc) is 2.04. The summed E-state index contributed by atoms with van der Waals surface area (Å²) in [4.78, 5) is 21.0. The topological polar surface area (TPSA) is 67.4 Å². The maximum absolute atomic E-state index is 10.5. The fourth-order valence-corrected chi connectivity index (χ4v) is 0.469. The number of carbonyl (C=O) groups excluding carboxylic acids is 2. The van der Waals surface area contributed by atoms with Crippen LogP contribution in [0.2, 0.25) is 0 Å². The monoisotopic (exact) mass is 160 g/mol. The Labute approximate surface area is 65.1 Å². The fraction of sp³-hybridized carbons (Fsp3) is 0.667. The van der Waals surface area contributed by atoms with Crippen molar-refractivity contribution in [1.82, 2.24) is 10.6 Å². The first-order valence-electron chi connectivity index (χ1n) is 3.23. The molecule has 0 aliphatic rings. The van der Waals surface area contributed by atoms with Crippen molar-refractivity contribution < 1.29 is 14.3 Å². The third-order valence-electron chi connectivity index (χ3n) is 1.07. The number of hydrogen-bond acceptors (Lipinski definition) is 3. The third-order valence-corrected chi connectivity index (χ3v) is 1.07. The standard InChI is InChI=1S/C6H12N2O3/c1-7-6(10)8-4-3-5(9)11-2/h3-4H2,1-2H3,(H2,7,8,10). The molecule has 0 spiro atoms. The molecule has 5 nitrogen and oxygen atoms in total. The van der Waals surface area contributed by atoms with Gasteiger partial charge in [-0.2, -0.15) is 0 Å². The summed E-state index contributed by atoms with van der Waals surface area (Å²) < 4.78 is 4.36. The molecule has 0 bridgehead atoms. The zero-order valence-corrected chi connectivity index (χ0v) is 6.64. The van der Waals surface area contributed by atoms with Crippen LogP contribution in [0, 0.1) is 0 Å². The number of amides is 2. The first-order chi connectivity index (χ1) is 5.20. The first kappa shape index (κ1) is 9.74. The maximum Gasteiger partial charge on any atom is 0.314 e. The van der Waals surface area contributed by atoms with Gasteiger partial charge >= 0.3 is 12.0 Å². The van der Waals surface area contributed by atoms with Gasteiger partial charge in [0.2, 0.25) is 0 Å². The van der Waals surface area contributed by atoms with E-state index in [4.69, 9.17) is 0 Å². The van der Waals surface area contributed by atoms with Crippen LogP contribution in [0.25, 0.3) is 0 Å². The fourth-order valence-electron chi connectivity index (χ4n) is 0.469. The molecule has 0 aromatic heterocycles. The van der Waals surface area contributed by atoms with Gasteiger partial charge in [-0.1, -0.05) is 0 Å². The molecule has 5 heteroatoms. The smallest absolute Gasteiger partial charge is 0.314 e. The summed E-state index contributed by atoms with van der Waals surface area (Å²) in [7, 11) is 2.82. The van der Waals surface area contributed by atoms with E-state index < -0.39 is 0 Å². The SMILES string of the molecule is CNC(=O)NCCC(=O)OC. The van der Waals surface area contributed by atoms with Crippen molar-refractivity contribution in [3.63, 3.8) is 0 Å². The highest BCUT2D eigenvalue weighted by atomic mass is 16.5. The summed E-state index contributed by atoms with van der Waals surface area (Å²) in [6.45, 7) is 0.298. The van der Waals surface area contributed by atoms with Gasteiger partial charge in [0, 0.05) is 13.6 Å². The second-order valence-electron chi connectivity index (χ2n) is 1.83. The molecule has 0 saturated carbocycles. The van der Waals surface area contributed by atoms with E-state index in [1.807, 2.05) is 0 Å². The number of carbonyl (C=O) groups is 2. The molecule has 0 aliphatic carbocycles. The molecule has 0 aromatic rings. The molecule has 0 aliphatic heterocycles. The average molecular weight is 160 g/mol. The Balaban J connectivity index is 3.27. The van der Waals surface area contributed by atoms with E-state index in [-0.39, 0.29) is 18.4 Å². The molecule has 0 aromatic carbocycles. The van der Waals surface area contributed by atoms with Gasteiger partial charge in [-0.15, -0.1) is 0 Å². The van der Waals surface area contributed by atoms with E-state index in [1.165, 1.54) is 14.2 Å². The van der Waals surface area contributed by atoms with Gasteiger partial charge in [0.25, 0.3) is 0 Å². The molecule has 0 fully saturated rings. The largest absolute Gasteiger partial charge is 0.469 e. The quantitative estimate of drug-likeness (QED) is 0.546. The molecule has 0 saturated heterocycles. The number of methoxy groups -OCH3 is 1. The molecular weight excluding hydrogens is 148 g/mol. The Morgan fingerprint density at radius 3 is 2.55 bits per heavy atom. The van der Waals surface area contributed by atoms with E-state index in [0.29, 0.717) is 6.54 Å². The lowest BCUT2D eigenvalue weighted by molar-refractivity contribution is -0.140. The minimum atomic E-state index is -0.332. The lowest BCUT2D eigenvalue weighted by atomic mass is 10.4. The summed E-state index contributed by atoms with van der Waals surface area (Å²) in [6, 6.07) is -0.297. The summed E-state index contributed by atoms with van der Waals surface area (Å²) in [5, 5.41) is 4.80. The van der Waals surface area contributed by atoms with E-state index in [9.17, 15) is 9.59 Å². The van der Waals surface area contributed by atoms with Crippen LogP contribution in [0.1, 0.15) is 6.42 Å². The lowest BCUT2D eigenvalue weighted by Crippen LogP contribution is -2.34. The normalized spacial score (nSPS) is 8.55. The van der Waals surface area contributed by atoms with Crippen LogP contribution < -0.4 is 10.6 Å². The van der Waals surface area contributed by atoms with Gasteiger partial charge in [0.05, 0.1) is 13.5 Å². The van der Waals surface area contributed by atoms with Gasteiger partial charge < -0.3 is 15.4 Å². The zero-order valence-electron chi connectivity index (χ0n) is 6.64. The molecule has 0 heterocycles. The lowest BCUT2D eigenvalue weighted by Gasteiger charge is -2.01. The Kier molecular flexibility index (Phi) is 4.89. The van der Waals surface area contributed by atoms with E-state index >= 15 is 0 Å². The van der Waals surface area contributed by atoms with Crippen LogP contribution >= 0.6 is 0 Å². The van der Waals surface area contributed by atoms with E-state index in [0.717, 1.165) is 0 Å². The number of rotatable bonds is 3. The van der Waals surface area contributed by atoms with Crippen molar-refractivity contribution in [2.75, 3.05) is 20.7 Å². The molecule has 64 valence electrons. The van der Waals surface area contributed by atoms with Crippen LogP contribution in [-0.4, -0.2) is 32.7 Å². The molecular formula is C6H12N2O3. The second kappa shape index (κ2) is 5.52. The molecule has 0 unspecified atom stereocenters. The first-order valence-corrected chi connectivity index (χ1v) is 3.23. The second-order valence-corrected chi connectivity index (χ2v) is 1.83. The highest BCUT2D eigenvalue weighted by Crippen LogP contribution is 1.80. The van der Waals surface area contributed by atoms with E-state index in [2.05, 4.69) is 15.4 Å². The Hall–Kier alpha value is -1.26. The Bertz CT molecular complexity index is 131. The molecule has 2 amide bonds. The van der Waals surface area contributed by atoms with Crippen molar-refractivity contribution in [2.24, 2.45) is 0 Å². The Morgan fingerprint density at radius 1 is 1.45 bits per heavy atom.